The Labute approximate surface area is 119 Å². The van der Waals surface area contributed by atoms with E-state index in [1.54, 1.807) is 27.4 Å². The summed E-state index contributed by atoms with van der Waals surface area (Å²) in [6, 6.07) is 5.46. The summed E-state index contributed by atoms with van der Waals surface area (Å²) in [7, 11) is 4.80. The van der Waals surface area contributed by atoms with Gasteiger partial charge in [-0.1, -0.05) is 0 Å². The van der Waals surface area contributed by atoms with Gasteiger partial charge in [0.05, 0.1) is 40.1 Å². The molecular formula is C14H23NO5. The Hall–Kier alpha value is -1.50. The molecule has 0 aliphatic heterocycles. The average Bonchev–Trinajstić information content (AvgIpc) is 2.49. The Bertz CT molecular complexity index is 364. The van der Waals surface area contributed by atoms with E-state index in [2.05, 4.69) is 5.32 Å². The van der Waals surface area contributed by atoms with Crippen molar-refractivity contribution in [2.24, 2.45) is 0 Å². The summed E-state index contributed by atoms with van der Waals surface area (Å²) in [6.07, 6.45) is -0.593. The minimum Gasteiger partial charge on any atom is -0.497 e. The summed E-state index contributed by atoms with van der Waals surface area (Å²) < 4.78 is 20.5. The van der Waals surface area contributed by atoms with E-state index in [1.165, 1.54) is 0 Å². The van der Waals surface area contributed by atoms with Gasteiger partial charge in [-0.3, -0.25) is 0 Å². The summed E-state index contributed by atoms with van der Waals surface area (Å²) >= 11 is 0. The van der Waals surface area contributed by atoms with Crippen LogP contribution in [0.4, 0.5) is 5.69 Å². The molecule has 0 radical (unpaired) electrons. The number of aliphatic hydroxyl groups is 1. The number of benzene rings is 1. The molecule has 0 aromatic heterocycles. The highest BCUT2D eigenvalue weighted by molar-refractivity contribution is 5.53. The molecule has 0 spiro atoms. The van der Waals surface area contributed by atoms with Crippen LogP contribution in [0.15, 0.2) is 18.2 Å². The minimum atomic E-state index is -0.593. The molecule has 0 amide bonds. The number of ether oxygens (including phenoxy) is 4. The standard InChI is InChI=1S/C14H23NO5/c1-17-4-5-20-10-12(16)9-15-11-6-13(18-2)8-14(7-11)19-3/h6-8,12,15-16H,4-5,9-10H2,1-3H3. The normalized spacial score (nSPS) is 12.0. The van der Waals surface area contributed by atoms with Crippen LogP contribution in [0.2, 0.25) is 0 Å². The van der Waals surface area contributed by atoms with E-state index < -0.39 is 6.10 Å². The van der Waals surface area contributed by atoms with Gasteiger partial charge in [0.25, 0.3) is 0 Å². The Kier molecular flexibility index (Phi) is 7.79. The predicted octanol–water partition coefficient (Wildman–Crippen LogP) is 1.14. The van der Waals surface area contributed by atoms with Crippen LogP contribution in [0.25, 0.3) is 0 Å². The van der Waals surface area contributed by atoms with Crippen molar-refractivity contribution in [3.63, 3.8) is 0 Å². The number of methoxy groups -OCH3 is 3. The third kappa shape index (κ3) is 6.10. The van der Waals surface area contributed by atoms with Crippen molar-refractivity contribution in [1.29, 1.82) is 0 Å². The van der Waals surface area contributed by atoms with Crippen molar-refractivity contribution < 1.29 is 24.1 Å². The minimum absolute atomic E-state index is 0.261. The molecule has 114 valence electrons. The summed E-state index contributed by atoms with van der Waals surface area (Å²) in [6.45, 7) is 1.63. The van der Waals surface area contributed by atoms with Crippen LogP contribution in [0.1, 0.15) is 0 Å². The molecule has 2 N–H and O–H groups in total. The maximum atomic E-state index is 9.77. The SMILES string of the molecule is COCCOCC(O)CNc1cc(OC)cc(OC)c1. The van der Waals surface area contributed by atoms with E-state index in [0.29, 0.717) is 31.3 Å². The zero-order valence-corrected chi connectivity index (χ0v) is 12.2. The molecule has 0 aliphatic carbocycles. The lowest BCUT2D eigenvalue weighted by atomic mass is 10.2. The molecule has 0 bridgehead atoms. The lowest BCUT2D eigenvalue weighted by Crippen LogP contribution is -2.25. The van der Waals surface area contributed by atoms with Crippen LogP contribution < -0.4 is 14.8 Å². The van der Waals surface area contributed by atoms with Crippen LogP contribution in [-0.4, -0.2) is 58.9 Å². The second kappa shape index (κ2) is 9.41. The fourth-order valence-electron chi connectivity index (χ4n) is 1.57. The second-order valence-corrected chi connectivity index (χ2v) is 4.20. The lowest BCUT2D eigenvalue weighted by Gasteiger charge is -2.14. The summed E-state index contributed by atoms with van der Waals surface area (Å²) in [4.78, 5) is 0. The van der Waals surface area contributed by atoms with Crippen molar-refractivity contribution in [2.45, 2.75) is 6.10 Å². The van der Waals surface area contributed by atoms with Crippen molar-refractivity contribution >= 4 is 5.69 Å². The Morgan fingerprint density at radius 1 is 1.05 bits per heavy atom. The number of hydrogen-bond donors (Lipinski definition) is 2. The zero-order chi connectivity index (χ0) is 14.8. The van der Waals surface area contributed by atoms with Gasteiger partial charge in [0.15, 0.2) is 0 Å². The molecule has 20 heavy (non-hydrogen) atoms. The Balaban J connectivity index is 2.40. The third-order valence-corrected chi connectivity index (χ3v) is 2.64. The quantitative estimate of drug-likeness (QED) is 0.628. The highest BCUT2D eigenvalue weighted by atomic mass is 16.5. The molecule has 6 heteroatoms. The fourth-order valence-corrected chi connectivity index (χ4v) is 1.57. The maximum absolute atomic E-state index is 9.77. The largest absolute Gasteiger partial charge is 0.497 e. The van der Waals surface area contributed by atoms with Gasteiger partial charge in [0, 0.05) is 37.5 Å². The van der Waals surface area contributed by atoms with Crippen LogP contribution in [-0.2, 0) is 9.47 Å². The fraction of sp³-hybridized carbons (Fsp3) is 0.571. The van der Waals surface area contributed by atoms with E-state index in [0.717, 1.165) is 5.69 Å². The number of aliphatic hydroxyl groups excluding tert-OH is 1. The number of anilines is 1. The molecule has 0 heterocycles. The Morgan fingerprint density at radius 3 is 2.25 bits per heavy atom. The Morgan fingerprint density at radius 2 is 1.70 bits per heavy atom. The van der Waals surface area contributed by atoms with Crippen molar-refractivity contribution in [3.05, 3.63) is 18.2 Å². The first kappa shape index (κ1) is 16.6. The van der Waals surface area contributed by atoms with E-state index in [9.17, 15) is 5.11 Å². The first-order valence-electron chi connectivity index (χ1n) is 6.41. The highest BCUT2D eigenvalue weighted by Crippen LogP contribution is 2.25. The molecule has 6 nitrogen and oxygen atoms in total. The number of hydrogen-bond acceptors (Lipinski definition) is 6. The first-order valence-corrected chi connectivity index (χ1v) is 6.41. The first-order chi connectivity index (χ1) is 9.69. The highest BCUT2D eigenvalue weighted by Gasteiger charge is 2.06. The van der Waals surface area contributed by atoms with Crippen LogP contribution in [0.3, 0.4) is 0 Å². The molecule has 0 saturated carbocycles. The summed E-state index contributed by atoms with van der Waals surface area (Å²) in [5.41, 5.74) is 0.817. The monoisotopic (exact) mass is 285 g/mol. The van der Waals surface area contributed by atoms with E-state index in [4.69, 9.17) is 18.9 Å². The van der Waals surface area contributed by atoms with Gasteiger partial charge in [-0.05, 0) is 0 Å². The van der Waals surface area contributed by atoms with Crippen LogP contribution in [0, 0.1) is 0 Å². The van der Waals surface area contributed by atoms with Gasteiger partial charge in [-0.25, -0.2) is 0 Å². The molecule has 1 atom stereocenters. The molecule has 1 unspecified atom stereocenters. The second-order valence-electron chi connectivity index (χ2n) is 4.20. The molecule has 0 saturated heterocycles. The van der Waals surface area contributed by atoms with Gasteiger partial charge in [-0.15, -0.1) is 0 Å². The smallest absolute Gasteiger partial charge is 0.124 e. The van der Waals surface area contributed by atoms with Gasteiger partial charge in [0.2, 0.25) is 0 Å². The predicted molar refractivity (Wildman–Crippen MR) is 76.7 cm³/mol. The maximum Gasteiger partial charge on any atom is 0.124 e. The molecule has 0 fully saturated rings. The topological polar surface area (TPSA) is 69.2 Å². The van der Waals surface area contributed by atoms with Crippen molar-refractivity contribution in [3.8, 4) is 11.5 Å². The molecule has 1 aromatic carbocycles. The van der Waals surface area contributed by atoms with Crippen LogP contribution in [0.5, 0.6) is 11.5 Å². The van der Waals surface area contributed by atoms with E-state index in [1.807, 2.05) is 12.1 Å². The average molecular weight is 285 g/mol. The van der Waals surface area contributed by atoms with Gasteiger partial charge >= 0.3 is 0 Å². The zero-order valence-electron chi connectivity index (χ0n) is 12.2. The molecule has 1 rings (SSSR count). The van der Waals surface area contributed by atoms with E-state index >= 15 is 0 Å². The van der Waals surface area contributed by atoms with Gasteiger partial charge in [-0.2, -0.15) is 0 Å². The number of rotatable bonds is 10. The molecular weight excluding hydrogens is 262 g/mol. The van der Waals surface area contributed by atoms with Gasteiger partial charge < -0.3 is 29.4 Å². The molecule has 0 aliphatic rings. The van der Waals surface area contributed by atoms with E-state index in [-0.39, 0.29) is 6.61 Å². The third-order valence-electron chi connectivity index (χ3n) is 2.64. The molecule has 1 aromatic rings. The lowest BCUT2D eigenvalue weighted by molar-refractivity contribution is 0.0182. The summed E-state index contributed by atoms with van der Waals surface area (Å²) in [5.74, 6) is 1.38. The van der Waals surface area contributed by atoms with Crippen molar-refractivity contribution in [1.82, 2.24) is 0 Å². The van der Waals surface area contributed by atoms with Crippen LogP contribution >= 0.6 is 0 Å². The van der Waals surface area contributed by atoms with Gasteiger partial charge in [0.1, 0.15) is 11.5 Å². The summed E-state index contributed by atoms with van der Waals surface area (Å²) in [5, 5.41) is 12.9. The van der Waals surface area contributed by atoms with Crippen molar-refractivity contribution in [2.75, 3.05) is 53.0 Å². The number of nitrogens with one attached hydrogen (secondary N) is 1.